The summed E-state index contributed by atoms with van der Waals surface area (Å²) in [5.74, 6) is -1.25. The molecule has 0 spiro atoms. The number of nitrogens with two attached hydrogens (primary N) is 2. The van der Waals surface area contributed by atoms with Gasteiger partial charge in [0.2, 0.25) is 0 Å². The van der Waals surface area contributed by atoms with Crippen molar-refractivity contribution in [3.63, 3.8) is 0 Å². The average molecular weight is 175 g/mol. The van der Waals surface area contributed by atoms with E-state index in [-0.39, 0.29) is 12.4 Å². The zero-order valence-corrected chi connectivity index (χ0v) is 6.60. The van der Waals surface area contributed by atoms with Gasteiger partial charge in [-0.25, -0.2) is 4.79 Å². The van der Waals surface area contributed by atoms with Gasteiger partial charge >= 0.3 is 5.97 Å². The standard InChI is InChI=1S/C6H13N3O3/c7-6(8)9-3-1-2-4(10)5(11)12/h4,10H,1-3H2,(H,11,12)(H4,7,8,9)/t4-/m0/s1. The highest BCUT2D eigenvalue weighted by Gasteiger charge is 2.11. The first-order chi connectivity index (χ1) is 5.54. The van der Waals surface area contributed by atoms with Crippen LogP contribution >= 0.6 is 0 Å². The van der Waals surface area contributed by atoms with Gasteiger partial charge in [-0.15, -0.1) is 0 Å². The molecule has 12 heavy (non-hydrogen) atoms. The Hall–Kier alpha value is -1.30. The first-order valence-electron chi connectivity index (χ1n) is 3.50. The smallest absolute Gasteiger partial charge is 0.332 e. The molecule has 0 aromatic heterocycles. The second-order valence-electron chi connectivity index (χ2n) is 2.30. The van der Waals surface area contributed by atoms with Crippen LogP contribution < -0.4 is 11.5 Å². The molecule has 0 fully saturated rings. The van der Waals surface area contributed by atoms with Gasteiger partial charge in [0.05, 0.1) is 0 Å². The predicted molar refractivity (Wildman–Crippen MR) is 43.6 cm³/mol. The van der Waals surface area contributed by atoms with Gasteiger partial charge in [0.25, 0.3) is 0 Å². The Morgan fingerprint density at radius 3 is 2.50 bits per heavy atom. The van der Waals surface area contributed by atoms with Gasteiger partial charge in [-0.05, 0) is 12.8 Å². The van der Waals surface area contributed by atoms with Gasteiger partial charge < -0.3 is 21.7 Å². The van der Waals surface area contributed by atoms with Crippen LogP contribution in [0.15, 0.2) is 4.99 Å². The topological polar surface area (TPSA) is 122 Å². The second kappa shape index (κ2) is 5.36. The highest BCUT2D eigenvalue weighted by atomic mass is 16.4. The number of aliphatic hydroxyl groups is 1. The monoisotopic (exact) mass is 175 g/mol. The second-order valence-corrected chi connectivity index (χ2v) is 2.30. The van der Waals surface area contributed by atoms with E-state index in [9.17, 15) is 4.79 Å². The molecule has 0 aliphatic rings. The van der Waals surface area contributed by atoms with Crippen LogP contribution in [-0.4, -0.2) is 34.8 Å². The molecule has 0 heterocycles. The van der Waals surface area contributed by atoms with Crippen molar-refractivity contribution < 1.29 is 15.0 Å². The van der Waals surface area contributed by atoms with Crippen molar-refractivity contribution in [1.82, 2.24) is 0 Å². The Morgan fingerprint density at radius 1 is 1.50 bits per heavy atom. The van der Waals surface area contributed by atoms with Crippen molar-refractivity contribution in [2.24, 2.45) is 16.5 Å². The quantitative estimate of drug-likeness (QED) is 0.230. The van der Waals surface area contributed by atoms with E-state index in [0.29, 0.717) is 13.0 Å². The van der Waals surface area contributed by atoms with E-state index in [2.05, 4.69) is 4.99 Å². The van der Waals surface area contributed by atoms with Gasteiger partial charge in [-0.3, -0.25) is 4.99 Å². The number of aliphatic carboxylic acids is 1. The lowest BCUT2D eigenvalue weighted by Crippen LogP contribution is -2.23. The lowest BCUT2D eigenvalue weighted by atomic mass is 10.2. The van der Waals surface area contributed by atoms with E-state index in [0.717, 1.165) is 0 Å². The third-order valence-electron chi connectivity index (χ3n) is 1.22. The average Bonchev–Trinajstić information content (AvgIpc) is 1.97. The number of hydrogen-bond donors (Lipinski definition) is 4. The summed E-state index contributed by atoms with van der Waals surface area (Å²) in [5.41, 5.74) is 10.0. The summed E-state index contributed by atoms with van der Waals surface area (Å²) in [6.45, 7) is 0.340. The van der Waals surface area contributed by atoms with Crippen LogP contribution in [0.25, 0.3) is 0 Å². The molecule has 0 unspecified atom stereocenters. The van der Waals surface area contributed by atoms with Crippen molar-refractivity contribution >= 4 is 11.9 Å². The highest BCUT2D eigenvalue weighted by Crippen LogP contribution is 1.96. The van der Waals surface area contributed by atoms with Gasteiger partial charge in [0, 0.05) is 6.54 Å². The molecular weight excluding hydrogens is 162 g/mol. The lowest BCUT2D eigenvalue weighted by molar-refractivity contribution is -0.146. The number of carboxylic acids is 1. The number of carbonyl (C=O) groups is 1. The molecule has 0 radical (unpaired) electrons. The molecule has 0 aliphatic carbocycles. The third-order valence-corrected chi connectivity index (χ3v) is 1.22. The van der Waals surface area contributed by atoms with Crippen molar-refractivity contribution in [3.8, 4) is 0 Å². The molecule has 0 rings (SSSR count). The van der Waals surface area contributed by atoms with E-state index < -0.39 is 12.1 Å². The summed E-state index contributed by atoms with van der Waals surface area (Å²) < 4.78 is 0. The summed E-state index contributed by atoms with van der Waals surface area (Å²) >= 11 is 0. The van der Waals surface area contributed by atoms with E-state index >= 15 is 0 Å². The van der Waals surface area contributed by atoms with Crippen LogP contribution in [0.2, 0.25) is 0 Å². The summed E-state index contributed by atoms with van der Waals surface area (Å²) in [6, 6.07) is 0. The fraction of sp³-hybridized carbons (Fsp3) is 0.667. The maximum Gasteiger partial charge on any atom is 0.332 e. The Bertz CT molecular complexity index is 177. The molecule has 6 heteroatoms. The van der Waals surface area contributed by atoms with E-state index in [4.69, 9.17) is 21.7 Å². The fourth-order valence-electron chi connectivity index (χ4n) is 0.616. The zero-order valence-electron chi connectivity index (χ0n) is 6.60. The van der Waals surface area contributed by atoms with Crippen LogP contribution in [-0.2, 0) is 4.79 Å². The minimum atomic E-state index is -1.32. The Balaban J connectivity index is 3.44. The summed E-state index contributed by atoms with van der Waals surface area (Å²) in [6.07, 6.45) is -0.712. The molecule has 0 amide bonds. The van der Waals surface area contributed by atoms with Crippen LogP contribution in [0, 0.1) is 0 Å². The fourth-order valence-corrected chi connectivity index (χ4v) is 0.616. The Morgan fingerprint density at radius 2 is 2.08 bits per heavy atom. The van der Waals surface area contributed by atoms with Crippen LogP contribution in [0.4, 0.5) is 0 Å². The first kappa shape index (κ1) is 10.7. The summed E-state index contributed by atoms with van der Waals surface area (Å²) in [5, 5.41) is 17.0. The number of carboxylic acid groups (broad SMARTS) is 1. The molecular formula is C6H13N3O3. The zero-order chi connectivity index (χ0) is 9.56. The van der Waals surface area contributed by atoms with Crippen LogP contribution in [0.3, 0.4) is 0 Å². The largest absolute Gasteiger partial charge is 0.479 e. The molecule has 6 N–H and O–H groups in total. The minimum absolute atomic E-state index is 0.0279. The predicted octanol–water partition coefficient (Wildman–Crippen LogP) is -1.51. The first-order valence-corrected chi connectivity index (χ1v) is 3.50. The van der Waals surface area contributed by atoms with Crippen molar-refractivity contribution in [3.05, 3.63) is 0 Å². The van der Waals surface area contributed by atoms with Gasteiger partial charge in [-0.2, -0.15) is 0 Å². The number of rotatable bonds is 5. The number of guanidine groups is 1. The molecule has 0 aromatic rings. The highest BCUT2D eigenvalue weighted by molar-refractivity contribution is 5.75. The van der Waals surface area contributed by atoms with Gasteiger partial charge in [-0.1, -0.05) is 0 Å². The van der Waals surface area contributed by atoms with Crippen molar-refractivity contribution in [1.29, 1.82) is 0 Å². The minimum Gasteiger partial charge on any atom is -0.479 e. The number of aliphatic imine (C=N–C) groups is 1. The van der Waals surface area contributed by atoms with E-state index in [1.54, 1.807) is 0 Å². The van der Waals surface area contributed by atoms with E-state index in [1.807, 2.05) is 0 Å². The molecule has 0 saturated carbocycles. The summed E-state index contributed by atoms with van der Waals surface area (Å²) in [7, 11) is 0. The SMILES string of the molecule is NC(N)=NCCC[C@H](O)C(=O)O. The molecule has 1 atom stereocenters. The molecule has 0 aromatic carbocycles. The van der Waals surface area contributed by atoms with Crippen LogP contribution in [0.1, 0.15) is 12.8 Å². The molecule has 70 valence electrons. The van der Waals surface area contributed by atoms with Crippen LogP contribution in [0.5, 0.6) is 0 Å². The number of aliphatic hydroxyl groups excluding tert-OH is 1. The summed E-state index contributed by atoms with van der Waals surface area (Å²) in [4.78, 5) is 13.7. The van der Waals surface area contributed by atoms with E-state index in [1.165, 1.54) is 0 Å². The molecule has 0 saturated heterocycles. The normalized spacial score (nSPS) is 12.1. The Labute approximate surface area is 69.9 Å². The molecule has 0 bridgehead atoms. The van der Waals surface area contributed by atoms with Crippen molar-refractivity contribution in [2.75, 3.05) is 6.54 Å². The Kier molecular flexibility index (Phi) is 4.78. The number of hydrogen-bond acceptors (Lipinski definition) is 3. The maximum atomic E-state index is 10.1. The number of nitrogens with zero attached hydrogens (tertiary/aromatic N) is 1. The lowest BCUT2D eigenvalue weighted by Gasteiger charge is -2.02. The third kappa shape index (κ3) is 5.48. The van der Waals surface area contributed by atoms with Gasteiger partial charge in [0.1, 0.15) is 0 Å². The molecule has 0 aliphatic heterocycles. The molecule has 6 nitrogen and oxygen atoms in total. The maximum absolute atomic E-state index is 10.1. The van der Waals surface area contributed by atoms with Crippen molar-refractivity contribution in [2.45, 2.75) is 18.9 Å². The van der Waals surface area contributed by atoms with Gasteiger partial charge in [0.15, 0.2) is 12.1 Å².